The zero-order chi connectivity index (χ0) is 30.4. The number of hydrogen-bond donors (Lipinski definition) is 1. The summed E-state index contributed by atoms with van der Waals surface area (Å²) in [5, 5.41) is 3.08. The van der Waals surface area contributed by atoms with Crippen LogP contribution in [0.4, 0.5) is 20.3 Å². The molecule has 4 aromatic rings. The smallest absolute Gasteiger partial charge is 0.270 e. The van der Waals surface area contributed by atoms with Gasteiger partial charge in [-0.2, -0.15) is 0 Å². The van der Waals surface area contributed by atoms with Gasteiger partial charge in [0.2, 0.25) is 5.88 Å². The number of piperazine rings is 1. The van der Waals surface area contributed by atoms with Gasteiger partial charge in [-0.15, -0.1) is 0 Å². The number of hydrogen-bond acceptors (Lipinski definition) is 9. The molecule has 0 bridgehead atoms. The molecule has 1 N–H and O–H groups in total. The van der Waals surface area contributed by atoms with E-state index in [1.807, 2.05) is 6.92 Å². The number of rotatable bonds is 11. The lowest BCUT2D eigenvalue weighted by Gasteiger charge is -2.34. The van der Waals surface area contributed by atoms with Crippen LogP contribution >= 0.6 is 0 Å². The Bertz CT molecular complexity index is 1560. The van der Waals surface area contributed by atoms with Gasteiger partial charge in [0.1, 0.15) is 24.2 Å². The van der Waals surface area contributed by atoms with Crippen molar-refractivity contribution in [2.24, 2.45) is 0 Å². The molecule has 1 aliphatic rings. The average Bonchev–Trinajstić information content (AvgIpc) is 2.99. The fraction of sp³-hybridized carbons (Fsp3) is 0.344. The van der Waals surface area contributed by atoms with Crippen molar-refractivity contribution in [3.8, 4) is 11.6 Å². The molecule has 0 unspecified atom stereocenters. The van der Waals surface area contributed by atoms with Gasteiger partial charge in [0.05, 0.1) is 18.1 Å². The van der Waals surface area contributed by atoms with E-state index in [0.717, 1.165) is 45.2 Å². The van der Waals surface area contributed by atoms with E-state index in [1.54, 1.807) is 48.8 Å². The number of nitrogens with one attached hydrogen (secondary N) is 1. The van der Waals surface area contributed by atoms with Gasteiger partial charge in [-0.25, -0.2) is 28.7 Å². The first kappa shape index (κ1) is 30.1. The lowest BCUT2D eigenvalue weighted by molar-refractivity contribution is 0.0153. The molecular weight excluding hydrogens is 552 g/mol. The second kappa shape index (κ2) is 13.3. The normalized spacial score (nSPS) is 14.4. The summed E-state index contributed by atoms with van der Waals surface area (Å²) in [5.41, 5.74) is 2.98. The third-order valence-corrected chi connectivity index (χ3v) is 7.52. The Labute approximate surface area is 250 Å². The standard InChI is InChI=1S/C32H35F2N7O2/c1-4-40-9-11-41(12-10-40)19-25-8-6-23(13-27(25)32(3,33)34)14-28(42)24-7-5-22(2)29(15-24)43-31-16-30(37-21-38-31)39-26-17-35-20-36-18-26/h5-8,13,15-18,20-21H,4,9-12,14,19H2,1-3H3,(H,37,38,39). The molecule has 43 heavy (non-hydrogen) atoms. The van der Waals surface area contributed by atoms with E-state index in [2.05, 4.69) is 42.0 Å². The predicted molar refractivity (Wildman–Crippen MR) is 160 cm³/mol. The van der Waals surface area contributed by atoms with Crippen molar-refractivity contribution >= 4 is 17.3 Å². The van der Waals surface area contributed by atoms with Crippen molar-refractivity contribution in [3.63, 3.8) is 0 Å². The molecule has 0 radical (unpaired) electrons. The van der Waals surface area contributed by atoms with Crippen molar-refractivity contribution in [1.82, 2.24) is 29.7 Å². The Balaban J connectivity index is 1.29. The fourth-order valence-corrected chi connectivity index (χ4v) is 5.04. The van der Waals surface area contributed by atoms with Crippen molar-refractivity contribution in [3.05, 3.63) is 95.3 Å². The van der Waals surface area contributed by atoms with Crippen LogP contribution in [0.2, 0.25) is 0 Å². The van der Waals surface area contributed by atoms with Crippen LogP contribution in [-0.2, 0) is 18.9 Å². The highest BCUT2D eigenvalue weighted by atomic mass is 19.3. The summed E-state index contributed by atoms with van der Waals surface area (Å²) in [4.78, 5) is 34.2. The van der Waals surface area contributed by atoms with Crippen LogP contribution in [0.15, 0.2) is 67.5 Å². The van der Waals surface area contributed by atoms with E-state index in [9.17, 15) is 13.6 Å². The second-order valence-electron chi connectivity index (χ2n) is 10.8. The number of aryl methyl sites for hydroxylation is 1. The number of benzene rings is 2. The molecule has 224 valence electrons. The Morgan fingerprint density at radius 1 is 0.977 bits per heavy atom. The number of nitrogens with zero attached hydrogens (tertiary/aromatic N) is 6. The first-order valence-electron chi connectivity index (χ1n) is 14.3. The number of ketones is 1. The fourth-order valence-electron chi connectivity index (χ4n) is 5.04. The second-order valence-corrected chi connectivity index (χ2v) is 10.8. The molecule has 0 saturated carbocycles. The Kier molecular flexibility index (Phi) is 9.32. The molecule has 2 aromatic heterocycles. The van der Waals surface area contributed by atoms with Gasteiger partial charge in [-0.3, -0.25) is 9.69 Å². The van der Waals surface area contributed by atoms with E-state index in [0.29, 0.717) is 40.5 Å². The van der Waals surface area contributed by atoms with E-state index >= 15 is 0 Å². The quantitative estimate of drug-likeness (QED) is 0.219. The number of carbonyl (C=O) groups excluding carboxylic acids is 1. The zero-order valence-corrected chi connectivity index (χ0v) is 24.6. The maximum absolute atomic E-state index is 14.7. The number of halogens is 2. The summed E-state index contributed by atoms with van der Waals surface area (Å²) in [6, 6.07) is 11.8. The van der Waals surface area contributed by atoms with Crippen molar-refractivity contribution in [2.45, 2.75) is 39.7 Å². The molecule has 0 atom stereocenters. The summed E-state index contributed by atoms with van der Waals surface area (Å²) in [6.45, 7) is 9.91. The minimum atomic E-state index is -3.02. The highest BCUT2D eigenvalue weighted by Gasteiger charge is 2.29. The summed E-state index contributed by atoms with van der Waals surface area (Å²) < 4.78 is 35.5. The summed E-state index contributed by atoms with van der Waals surface area (Å²) in [5.74, 6) is -2.00. The molecule has 9 nitrogen and oxygen atoms in total. The van der Waals surface area contributed by atoms with Crippen LogP contribution in [0.3, 0.4) is 0 Å². The van der Waals surface area contributed by atoms with Gasteiger partial charge in [-0.05, 0) is 42.3 Å². The largest absolute Gasteiger partial charge is 0.439 e. The topological polar surface area (TPSA) is 96.4 Å². The van der Waals surface area contributed by atoms with Crippen LogP contribution in [-0.4, -0.2) is 68.2 Å². The number of Topliss-reactive ketones (excluding diaryl/α,β-unsaturated/α-hetero) is 1. The third kappa shape index (κ3) is 7.94. The number of aromatic nitrogens is 4. The highest BCUT2D eigenvalue weighted by Crippen LogP contribution is 2.32. The third-order valence-electron chi connectivity index (χ3n) is 7.52. The molecule has 5 rings (SSSR count). The van der Waals surface area contributed by atoms with Crippen molar-refractivity contribution < 1.29 is 18.3 Å². The van der Waals surface area contributed by atoms with E-state index < -0.39 is 5.92 Å². The molecule has 3 heterocycles. The molecule has 1 saturated heterocycles. The van der Waals surface area contributed by atoms with Gasteiger partial charge in [0.15, 0.2) is 5.78 Å². The van der Waals surface area contributed by atoms with Crippen molar-refractivity contribution in [2.75, 3.05) is 38.0 Å². The molecule has 1 fully saturated rings. The first-order chi connectivity index (χ1) is 20.7. The molecule has 0 spiro atoms. The lowest BCUT2D eigenvalue weighted by Crippen LogP contribution is -2.45. The van der Waals surface area contributed by atoms with Crippen LogP contribution in [0, 0.1) is 6.92 Å². The Morgan fingerprint density at radius 3 is 2.44 bits per heavy atom. The Morgan fingerprint density at radius 2 is 1.72 bits per heavy atom. The molecular formula is C32H35F2N7O2. The van der Waals surface area contributed by atoms with Gasteiger partial charge in [-0.1, -0.05) is 31.2 Å². The summed E-state index contributed by atoms with van der Waals surface area (Å²) in [6.07, 6.45) is 6.01. The summed E-state index contributed by atoms with van der Waals surface area (Å²) in [7, 11) is 0. The van der Waals surface area contributed by atoms with Gasteiger partial charge >= 0.3 is 0 Å². The predicted octanol–water partition coefficient (Wildman–Crippen LogP) is 5.79. The monoisotopic (exact) mass is 587 g/mol. The number of ether oxygens (including phenoxy) is 1. The number of likely N-dealkylation sites (N-methyl/N-ethyl adjacent to an activating group) is 1. The Hall–Kier alpha value is -4.35. The van der Waals surface area contributed by atoms with E-state index in [1.165, 1.54) is 18.7 Å². The SMILES string of the molecule is CCN1CCN(Cc2ccc(CC(=O)c3ccc(C)c(Oc4cc(Nc5cncnc5)ncn4)c3)cc2C(C)(F)F)CC1. The van der Waals surface area contributed by atoms with Crippen LogP contribution < -0.4 is 10.1 Å². The molecule has 2 aromatic carbocycles. The molecule has 0 aliphatic carbocycles. The first-order valence-corrected chi connectivity index (χ1v) is 14.3. The minimum absolute atomic E-state index is 0.0121. The maximum Gasteiger partial charge on any atom is 0.270 e. The van der Waals surface area contributed by atoms with E-state index in [4.69, 9.17) is 4.74 Å². The molecule has 1 aliphatic heterocycles. The van der Waals surface area contributed by atoms with Crippen LogP contribution in [0.1, 0.15) is 46.5 Å². The maximum atomic E-state index is 14.7. The number of alkyl halides is 2. The van der Waals surface area contributed by atoms with Gasteiger partial charge in [0.25, 0.3) is 5.92 Å². The van der Waals surface area contributed by atoms with Gasteiger partial charge in [0, 0.05) is 63.3 Å². The lowest BCUT2D eigenvalue weighted by atomic mass is 9.95. The minimum Gasteiger partial charge on any atom is -0.439 e. The number of anilines is 2. The van der Waals surface area contributed by atoms with Crippen molar-refractivity contribution in [1.29, 1.82) is 0 Å². The number of carbonyl (C=O) groups is 1. The van der Waals surface area contributed by atoms with Crippen LogP contribution in [0.5, 0.6) is 11.6 Å². The molecule has 0 amide bonds. The highest BCUT2D eigenvalue weighted by molar-refractivity contribution is 5.98. The summed E-state index contributed by atoms with van der Waals surface area (Å²) >= 11 is 0. The molecule has 11 heteroatoms. The van der Waals surface area contributed by atoms with Gasteiger partial charge < -0.3 is 15.0 Å². The average molecular weight is 588 g/mol. The van der Waals surface area contributed by atoms with E-state index in [-0.39, 0.29) is 23.6 Å². The van der Waals surface area contributed by atoms with Crippen LogP contribution in [0.25, 0.3) is 0 Å². The zero-order valence-electron chi connectivity index (χ0n) is 24.6.